The molecule has 4 aromatic heterocycles. The van der Waals surface area contributed by atoms with Gasteiger partial charge < -0.3 is 9.64 Å². The molecule has 1 atom stereocenters. The maximum absolute atomic E-state index is 13.1. The highest BCUT2D eigenvalue weighted by atomic mass is 32.1. The van der Waals surface area contributed by atoms with Crippen LogP contribution in [0.1, 0.15) is 17.2 Å². The number of fused-ring (bicyclic) bond motifs is 1. The van der Waals surface area contributed by atoms with E-state index in [2.05, 4.69) is 24.5 Å². The number of alkyl halides is 3. The first-order valence-electron chi connectivity index (χ1n) is 8.72. The molecule has 4 aromatic rings. The Kier molecular flexibility index (Phi) is 4.24. The highest BCUT2D eigenvalue weighted by Gasteiger charge is 2.31. The molecule has 8 nitrogen and oxygen atoms in total. The summed E-state index contributed by atoms with van der Waals surface area (Å²) < 4.78 is 50.7. The molecule has 12 heteroatoms. The summed E-state index contributed by atoms with van der Waals surface area (Å²) in [5, 5.41) is 7.40. The molecule has 0 spiro atoms. The number of ether oxygens (including phenoxy) is 1. The monoisotopic (exact) mass is 421 g/mol. The van der Waals surface area contributed by atoms with E-state index in [1.54, 1.807) is 12.4 Å². The third-order valence-corrected chi connectivity index (χ3v) is 5.48. The molecule has 0 saturated carbocycles. The molecule has 1 N–H and O–H groups in total. The van der Waals surface area contributed by atoms with Gasteiger partial charge in [0.05, 0.1) is 31.1 Å². The Morgan fingerprint density at radius 2 is 2.14 bits per heavy atom. The molecular weight excluding hydrogens is 407 g/mol. The van der Waals surface area contributed by atoms with Gasteiger partial charge in [-0.3, -0.25) is 9.50 Å². The second-order valence-electron chi connectivity index (χ2n) is 6.52. The summed E-state index contributed by atoms with van der Waals surface area (Å²) in [4.78, 5) is 10.8. The number of nitrogens with zero attached hydrogens (tertiary/aromatic N) is 6. The zero-order chi connectivity index (χ0) is 20.0. The lowest BCUT2D eigenvalue weighted by atomic mass is 10.2. The minimum atomic E-state index is -4.44. The maximum Gasteiger partial charge on any atom is 0.417 e. The Morgan fingerprint density at radius 3 is 2.93 bits per heavy atom. The Hall–Kier alpha value is -2.99. The Balaban J connectivity index is 1.44. The number of nitrogens with one attached hydrogen (secondary N) is 1. The average molecular weight is 421 g/mol. The van der Waals surface area contributed by atoms with E-state index in [4.69, 9.17) is 4.74 Å². The van der Waals surface area contributed by atoms with Crippen LogP contribution in [0.5, 0.6) is 0 Å². The topological polar surface area (TPSA) is 84.2 Å². The van der Waals surface area contributed by atoms with Crippen LogP contribution < -0.4 is 4.90 Å². The number of pyridine rings is 1. The minimum Gasteiger partial charge on any atom is -0.370 e. The van der Waals surface area contributed by atoms with E-state index >= 15 is 0 Å². The van der Waals surface area contributed by atoms with E-state index in [-0.39, 0.29) is 6.10 Å². The summed E-state index contributed by atoms with van der Waals surface area (Å²) in [7, 11) is 0. The predicted octanol–water partition coefficient (Wildman–Crippen LogP) is 3.17. The van der Waals surface area contributed by atoms with Gasteiger partial charge in [0, 0.05) is 36.0 Å². The van der Waals surface area contributed by atoms with Crippen molar-refractivity contribution in [3.8, 4) is 11.5 Å². The van der Waals surface area contributed by atoms with E-state index < -0.39 is 11.7 Å². The molecule has 29 heavy (non-hydrogen) atoms. The van der Waals surface area contributed by atoms with Crippen molar-refractivity contribution in [3.63, 3.8) is 0 Å². The fourth-order valence-electron chi connectivity index (χ4n) is 3.22. The van der Waals surface area contributed by atoms with Crippen molar-refractivity contribution in [1.82, 2.24) is 28.9 Å². The van der Waals surface area contributed by atoms with Gasteiger partial charge in [-0.05, 0) is 12.1 Å². The first-order chi connectivity index (χ1) is 14.0. The zero-order valence-electron chi connectivity index (χ0n) is 14.8. The molecule has 5 heterocycles. The number of H-pyrrole nitrogens is 1. The number of aromatic amines is 1. The highest BCUT2D eigenvalue weighted by molar-refractivity contribution is 7.09. The highest BCUT2D eigenvalue weighted by Crippen LogP contribution is 2.32. The van der Waals surface area contributed by atoms with Gasteiger partial charge in [0.2, 0.25) is 5.13 Å². The molecule has 150 valence electrons. The quantitative estimate of drug-likeness (QED) is 0.547. The first kappa shape index (κ1) is 18.1. The van der Waals surface area contributed by atoms with Crippen LogP contribution in [0, 0.1) is 0 Å². The number of imidazole rings is 1. The number of hydrogen-bond acceptors (Lipinski definition) is 7. The van der Waals surface area contributed by atoms with Gasteiger partial charge in [-0.1, -0.05) is 0 Å². The van der Waals surface area contributed by atoms with Crippen LogP contribution in [0.25, 0.3) is 17.2 Å². The van der Waals surface area contributed by atoms with Crippen LogP contribution in [-0.4, -0.2) is 48.6 Å². The van der Waals surface area contributed by atoms with Gasteiger partial charge in [-0.25, -0.2) is 4.98 Å². The fraction of sp³-hybridized carbons (Fsp3) is 0.294. The molecular formula is C17H14F3N7OS. The molecule has 1 saturated heterocycles. The van der Waals surface area contributed by atoms with E-state index in [1.165, 1.54) is 28.2 Å². The average Bonchev–Trinajstić information content (AvgIpc) is 3.46. The van der Waals surface area contributed by atoms with E-state index in [9.17, 15) is 13.2 Å². The lowest BCUT2D eigenvalue weighted by molar-refractivity contribution is -0.137. The third-order valence-electron chi connectivity index (χ3n) is 4.71. The fourth-order valence-corrected chi connectivity index (χ4v) is 3.93. The summed E-state index contributed by atoms with van der Waals surface area (Å²) >= 11 is 1.19. The molecule has 1 aliphatic heterocycles. The van der Waals surface area contributed by atoms with Crippen molar-refractivity contribution < 1.29 is 17.9 Å². The second kappa shape index (κ2) is 6.81. The minimum absolute atomic E-state index is 0.139. The van der Waals surface area contributed by atoms with Crippen molar-refractivity contribution in [1.29, 1.82) is 0 Å². The summed E-state index contributed by atoms with van der Waals surface area (Å²) in [5.74, 6) is 0.336. The smallest absolute Gasteiger partial charge is 0.370 e. The molecule has 0 amide bonds. The molecule has 1 fully saturated rings. The molecule has 1 aliphatic rings. The van der Waals surface area contributed by atoms with Gasteiger partial charge >= 0.3 is 6.18 Å². The SMILES string of the molecule is FC(F)(F)c1ccc2ncc(-c3nsc(N4CCOC(c5cn[nH]c5)C4)n3)n2c1. The van der Waals surface area contributed by atoms with E-state index in [0.29, 0.717) is 42.0 Å². The van der Waals surface area contributed by atoms with Crippen LogP contribution >= 0.6 is 11.5 Å². The van der Waals surface area contributed by atoms with Crippen molar-refractivity contribution in [2.24, 2.45) is 0 Å². The molecule has 0 radical (unpaired) electrons. The van der Waals surface area contributed by atoms with Crippen molar-refractivity contribution in [2.45, 2.75) is 12.3 Å². The number of aromatic nitrogens is 6. The molecule has 0 aromatic carbocycles. The largest absolute Gasteiger partial charge is 0.417 e. The van der Waals surface area contributed by atoms with Gasteiger partial charge in [-0.15, -0.1) is 0 Å². The summed E-state index contributed by atoms with van der Waals surface area (Å²) in [6, 6.07) is 2.34. The molecule has 0 aliphatic carbocycles. The molecule has 1 unspecified atom stereocenters. The van der Waals surface area contributed by atoms with E-state index in [0.717, 1.165) is 17.8 Å². The summed E-state index contributed by atoms with van der Waals surface area (Å²) in [5.41, 5.74) is 1.00. The Bertz CT molecular complexity index is 1140. The normalized spacial score (nSPS) is 17.9. The van der Waals surface area contributed by atoms with Crippen molar-refractivity contribution >= 4 is 22.3 Å². The second-order valence-corrected chi connectivity index (χ2v) is 7.26. The zero-order valence-corrected chi connectivity index (χ0v) is 15.6. The Labute approximate surface area is 166 Å². The van der Waals surface area contributed by atoms with Crippen molar-refractivity contribution in [2.75, 3.05) is 24.6 Å². The van der Waals surface area contributed by atoms with Crippen LogP contribution in [0.2, 0.25) is 0 Å². The lowest BCUT2D eigenvalue weighted by Gasteiger charge is -2.31. The number of rotatable bonds is 3. The van der Waals surface area contributed by atoms with Gasteiger partial charge in [0.25, 0.3) is 0 Å². The van der Waals surface area contributed by atoms with Crippen LogP contribution in [0.4, 0.5) is 18.3 Å². The van der Waals surface area contributed by atoms with Gasteiger partial charge in [0.15, 0.2) is 5.82 Å². The number of morpholine rings is 1. The number of anilines is 1. The predicted molar refractivity (Wildman–Crippen MR) is 98.6 cm³/mol. The van der Waals surface area contributed by atoms with Gasteiger partial charge in [0.1, 0.15) is 17.4 Å². The standard InChI is InChI=1S/C17H14F3N7OS/c18-17(19,20)11-1-2-14-21-7-12(27(14)8-11)15-24-16(29-25-15)26-3-4-28-13(9-26)10-5-22-23-6-10/h1-2,5-8,13H,3-4,9H2,(H,22,23). The third kappa shape index (κ3) is 3.34. The Morgan fingerprint density at radius 1 is 1.24 bits per heavy atom. The molecule has 5 rings (SSSR count). The maximum atomic E-state index is 13.1. The van der Waals surface area contributed by atoms with Crippen LogP contribution in [0.3, 0.4) is 0 Å². The van der Waals surface area contributed by atoms with Gasteiger partial charge in [-0.2, -0.15) is 27.6 Å². The van der Waals surface area contributed by atoms with E-state index in [1.807, 2.05) is 4.90 Å². The number of halogens is 3. The summed E-state index contributed by atoms with van der Waals surface area (Å²) in [6.07, 6.45) is 1.43. The first-order valence-corrected chi connectivity index (χ1v) is 9.50. The number of hydrogen-bond donors (Lipinski definition) is 1. The van der Waals surface area contributed by atoms with Crippen LogP contribution in [0.15, 0.2) is 36.9 Å². The van der Waals surface area contributed by atoms with Crippen molar-refractivity contribution in [3.05, 3.63) is 48.0 Å². The lowest BCUT2D eigenvalue weighted by Crippen LogP contribution is -2.38. The summed E-state index contributed by atoms with van der Waals surface area (Å²) in [6.45, 7) is 1.75. The molecule has 0 bridgehead atoms. The van der Waals surface area contributed by atoms with Crippen LogP contribution in [-0.2, 0) is 10.9 Å².